The standard InChI is InChI=1S/C8H8BrClN2O/c1-4-6(8(13)12-11)2-5(9)3-7(4)10/h2-3H,11H2,1H3,(H,12,13). The maximum Gasteiger partial charge on any atom is 0.265 e. The number of hydrogen-bond acceptors (Lipinski definition) is 2. The zero-order valence-corrected chi connectivity index (χ0v) is 9.24. The van der Waals surface area contributed by atoms with Crippen molar-refractivity contribution in [3.05, 3.63) is 32.8 Å². The number of rotatable bonds is 1. The Morgan fingerprint density at radius 3 is 2.77 bits per heavy atom. The summed E-state index contributed by atoms with van der Waals surface area (Å²) < 4.78 is 0.752. The van der Waals surface area contributed by atoms with Gasteiger partial charge in [0.15, 0.2) is 0 Å². The van der Waals surface area contributed by atoms with Gasteiger partial charge in [0.1, 0.15) is 0 Å². The molecule has 0 atom stereocenters. The predicted octanol–water partition coefficient (Wildman–Crippen LogP) is 2.01. The summed E-state index contributed by atoms with van der Waals surface area (Å²) in [5.74, 6) is 4.67. The molecule has 1 amide bonds. The van der Waals surface area contributed by atoms with Crippen LogP contribution in [0.2, 0.25) is 5.02 Å². The number of halogens is 2. The van der Waals surface area contributed by atoms with Crippen molar-refractivity contribution in [1.82, 2.24) is 5.43 Å². The maximum atomic E-state index is 11.2. The quantitative estimate of drug-likeness (QED) is 0.463. The number of hydrazine groups is 1. The molecule has 0 aliphatic rings. The first kappa shape index (κ1) is 10.5. The van der Waals surface area contributed by atoms with Crippen molar-refractivity contribution in [2.45, 2.75) is 6.92 Å². The SMILES string of the molecule is Cc1c(Cl)cc(Br)cc1C(=O)NN. The fraction of sp³-hybridized carbons (Fsp3) is 0.125. The second-order valence-electron chi connectivity index (χ2n) is 2.53. The van der Waals surface area contributed by atoms with E-state index in [1.807, 2.05) is 0 Å². The van der Waals surface area contributed by atoms with Crippen LogP contribution in [0.3, 0.4) is 0 Å². The van der Waals surface area contributed by atoms with E-state index in [4.69, 9.17) is 17.4 Å². The Balaban J connectivity index is 3.28. The molecule has 0 aliphatic heterocycles. The van der Waals surface area contributed by atoms with E-state index in [9.17, 15) is 4.79 Å². The average Bonchev–Trinajstić information content (AvgIpc) is 2.10. The fourth-order valence-corrected chi connectivity index (χ4v) is 1.77. The van der Waals surface area contributed by atoms with Crippen LogP contribution in [0, 0.1) is 6.92 Å². The second-order valence-corrected chi connectivity index (χ2v) is 3.86. The largest absolute Gasteiger partial charge is 0.290 e. The van der Waals surface area contributed by atoms with Gasteiger partial charge in [0, 0.05) is 15.1 Å². The van der Waals surface area contributed by atoms with Gasteiger partial charge >= 0.3 is 0 Å². The zero-order chi connectivity index (χ0) is 10.0. The number of nitrogens with two attached hydrogens (primary N) is 1. The molecule has 0 heterocycles. The molecule has 3 nitrogen and oxygen atoms in total. The maximum absolute atomic E-state index is 11.2. The Morgan fingerprint density at radius 1 is 1.62 bits per heavy atom. The van der Waals surface area contributed by atoms with E-state index >= 15 is 0 Å². The van der Waals surface area contributed by atoms with E-state index in [0.717, 1.165) is 4.47 Å². The molecule has 1 aromatic carbocycles. The lowest BCUT2D eigenvalue weighted by atomic mass is 10.1. The zero-order valence-electron chi connectivity index (χ0n) is 6.90. The molecule has 13 heavy (non-hydrogen) atoms. The molecule has 0 spiro atoms. The molecule has 0 bridgehead atoms. The summed E-state index contributed by atoms with van der Waals surface area (Å²) in [6, 6.07) is 3.40. The predicted molar refractivity (Wildman–Crippen MR) is 55.5 cm³/mol. The Kier molecular flexibility index (Phi) is 3.30. The first-order valence-electron chi connectivity index (χ1n) is 3.53. The summed E-state index contributed by atoms with van der Waals surface area (Å²) in [5, 5.41) is 0.535. The lowest BCUT2D eigenvalue weighted by molar-refractivity contribution is 0.0953. The molecule has 1 aromatic rings. The Hall–Kier alpha value is -0.580. The van der Waals surface area contributed by atoms with E-state index in [1.54, 1.807) is 19.1 Å². The van der Waals surface area contributed by atoms with Crippen LogP contribution in [0.5, 0.6) is 0 Å². The van der Waals surface area contributed by atoms with Gasteiger partial charge in [0.25, 0.3) is 5.91 Å². The lowest BCUT2D eigenvalue weighted by Crippen LogP contribution is -2.30. The minimum Gasteiger partial charge on any atom is -0.290 e. The topological polar surface area (TPSA) is 55.1 Å². The van der Waals surface area contributed by atoms with Crippen LogP contribution in [0.15, 0.2) is 16.6 Å². The fourth-order valence-electron chi connectivity index (χ4n) is 0.959. The number of nitrogen functional groups attached to an aromatic ring is 1. The smallest absolute Gasteiger partial charge is 0.265 e. The highest BCUT2D eigenvalue weighted by Gasteiger charge is 2.10. The van der Waals surface area contributed by atoms with Gasteiger partial charge in [-0.1, -0.05) is 27.5 Å². The summed E-state index contributed by atoms with van der Waals surface area (Å²) in [6.45, 7) is 1.76. The summed E-state index contributed by atoms with van der Waals surface area (Å²) in [5.41, 5.74) is 3.25. The molecule has 70 valence electrons. The molecule has 0 radical (unpaired) electrons. The molecular weight excluding hydrogens is 255 g/mol. The van der Waals surface area contributed by atoms with E-state index < -0.39 is 0 Å². The van der Waals surface area contributed by atoms with Crippen LogP contribution in [0.1, 0.15) is 15.9 Å². The summed E-state index contributed by atoms with van der Waals surface area (Å²) >= 11 is 9.11. The number of benzene rings is 1. The van der Waals surface area contributed by atoms with Crippen LogP contribution < -0.4 is 11.3 Å². The van der Waals surface area contributed by atoms with E-state index in [1.165, 1.54) is 0 Å². The first-order valence-corrected chi connectivity index (χ1v) is 4.70. The van der Waals surface area contributed by atoms with Crippen LogP contribution in [0.4, 0.5) is 0 Å². The Labute approximate surface area is 89.4 Å². The third-order valence-electron chi connectivity index (χ3n) is 1.68. The molecule has 0 saturated heterocycles. The van der Waals surface area contributed by atoms with Crippen molar-refractivity contribution >= 4 is 33.4 Å². The van der Waals surface area contributed by atoms with Gasteiger partial charge in [-0.3, -0.25) is 10.2 Å². The normalized spacial score (nSPS) is 9.85. The van der Waals surface area contributed by atoms with Crippen molar-refractivity contribution in [3.63, 3.8) is 0 Å². The van der Waals surface area contributed by atoms with E-state index in [0.29, 0.717) is 16.1 Å². The lowest BCUT2D eigenvalue weighted by Gasteiger charge is -2.06. The molecule has 5 heteroatoms. The highest BCUT2D eigenvalue weighted by Crippen LogP contribution is 2.24. The number of nitrogens with one attached hydrogen (secondary N) is 1. The van der Waals surface area contributed by atoms with Crippen LogP contribution in [-0.2, 0) is 0 Å². The third kappa shape index (κ3) is 2.21. The van der Waals surface area contributed by atoms with Crippen molar-refractivity contribution < 1.29 is 4.79 Å². The van der Waals surface area contributed by atoms with E-state index in [-0.39, 0.29) is 5.91 Å². The van der Waals surface area contributed by atoms with Crippen LogP contribution >= 0.6 is 27.5 Å². The molecule has 0 fully saturated rings. The van der Waals surface area contributed by atoms with Gasteiger partial charge in [-0.2, -0.15) is 0 Å². The van der Waals surface area contributed by atoms with Gasteiger partial charge < -0.3 is 0 Å². The van der Waals surface area contributed by atoms with Gasteiger partial charge in [-0.15, -0.1) is 0 Å². The van der Waals surface area contributed by atoms with Crippen LogP contribution in [-0.4, -0.2) is 5.91 Å². The monoisotopic (exact) mass is 262 g/mol. The number of carbonyl (C=O) groups excluding carboxylic acids is 1. The van der Waals surface area contributed by atoms with Crippen molar-refractivity contribution in [2.24, 2.45) is 5.84 Å². The van der Waals surface area contributed by atoms with Gasteiger partial charge in [0.2, 0.25) is 0 Å². The summed E-state index contributed by atoms with van der Waals surface area (Å²) in [4.78, 5) is 11.2. The highest BCUT2D eigenvalue weighted by molar-refractivity contribution is 9.10. The van der Waals surface area contributed by atoms with Gasteiger partial charge in [0.05, 0.1) is 0 Å². The molecular formula is C8H8BrClN2O. The van der Waals surface area contributed by atoms with Gasteiger partial charge in [-0.25, -0.2) is 5.84 Å². The average molecular weight is 264 g/mol. The minimum absolute atomic E-state index is 0.347. The molecule has 0 aromatic heterocycles. The number of amides is 1. The van der Waals surface area contributed by atoms with E-state index in [2.05, 4.69) is 21.4 Å². The van der Waals surface area contributed by atoms with Crippen molar-refractivity contribution in [2.75, 3.05) is 0 Å². The molecule has 0 aliphatic carbocycles. The number of hydrogen-bond donors (Lipinski definition) is 2. The van der Waals surface area contributed by atoms with Crippen molar-refractivity contribution in [1.29, 1.82) is 0 Å². The van der Waals surface area contributed by atoms with Crippen molar-refractivity contribution in [3.8, 4) is 0 Å². The molecule has 0 unspecified atom stereocenters. The summed E-state index contributed by atoms with van der Waals surface area (Å²) in [7, 11) is 0. The Morgan fingerprint density at radius 2 is 2.23 bits per heavy atom. The molecule has 3 N–H and O–H groups in total. The molecule has 0 saturated carbocycles. The minimum atomic E-state index is -0.347. The Bertz CT molecular complexity index is 354. The highest BCUT2D eigenvalue weighted by atomic mass is 79.9. The summed E-state index contributed by atoms with van der Waals surface area (Å²) in [6.07, 6.45) is 0. The molecule has 1 rings (SSSR count). The third-order valence-corrected chi connectivity index (χ3v) is 2.54. The first-order chi connectivity index (χ1) is 6.06. The van der Waals surface area contributed by atoms with Crippen LogP contribution in [0.25, 0.3) is 0 Å². The number of carbonyl (C=O) groups is 1. The second kappa shape index (κ2) is 4.09. The van der Waals surface area contributed by atoms with Gasteiger partial charge in [-0.05, 0) is 24.6 Å².